The van der Waals surface area contributed by atoms with Crippen LogP contribution in [0.3, 0.4) is 0 Å². The van der Waals surface area contributed by atoms with E-state index in [1.807, 2.05) is 6.92 Å². The molecule has 0 radical (unpaired) electrons. The van der Waals surface area contributed by atoms with Crippen molar-refractivity contribution >= 4 is 11.8 Å². The van der Waals surface area contributed by atoms with E-state index in [0.29, 0.717) is 19.5 Å². The second-order valence-electron chi connectivity index (χ2n) is 4.01. The van der Waals surface area contributed by atoms with E-state index in [-0.39, 0.29) is 24.4 Å². The molecule has 0 aromatic carbocycles. The standard InChI is InChI=1S/C11H16N4O2/c1-2-9-11(17)12-5-7-15(9)10(16)8-14-6-3-4-13-14/h3-4,6,9H,2,5,7-8H2,1H3,(H,12,17). The lowest BCUT2D eigenvalue weighted by Crippen LogP contribution is -2.57. The van der Waals surface area contributed by atoms with Gasteiger partial charge in [0.25, 0.3) is 0 Å². The molecular weight excluding hydrogens is 220 g/mol. The number of rotatable bonds is 3. The maximum absolute atomic E-state index is 12.1. The molecule has 1 aliphatic heterocycles. The average Bonchev–Trinajstić information content (AvgIpc) is 2.81. The monoisotopic (exact) mass is 236 g/mol. The molecule has 1 aromatic rings. The maximum Gasteiger partial charge on any atom is 0.245 e. The van der Waals surface area contributed by atoms with Crippen molar-refractivity contribution in [3.63, 3.8) is 0 Å². The third kappa shape index (κ3) is 2.46. The van der Waals surface area contributed by atoms with Crippen molar-refractivity contribution in [3.05, 3.63) is 18.5 Å². The summed E-state index contributed by atoms with van der Waals surface area (Å²) in [4.78, 5) is 25.3. The number of carbonyl (C=O) groups excluding carboxylic acids is 2. The van der Waals surface area contributed by atoms with Gasteiger partial charge in [-0.15, -0.1) is 0 Å². The van der Waals surface area contributed by atoms with E-state index in [0.717, 1.165) is 0 Å². The van der Waals surface area contributed by atoms with E-state index in [9.17, 15) is 9.59 Å². The number of nitrogens with one attached hydrogen (secondary N) is 1. The number of nitrogens with zero attached hydrogens (tertiary/aromatic N) is 3. The van der Waals surface area contributed by atoms with Crippen LogP contribution in [0, 0.1) is 0 Å². The van der Waals surface area contributed by atoms with Gasteiger partial charge in [0.15, 0.2) is 0 Å². The molecular formula is C11H16N4O2. The van der Waals surface area contributed by atoms with Gasteiger partial charge in [-0.2, -0.15) is 5.10 Å². The highest BCUT2D eigenvalue weighted by molar-refractivity contribution is 5.88. The van der Waals surface area contributed by atoms with E-state index < -0.39 is 0 Å². The smallest absolute Gasteiger partial charge is 0.245 e. The van der Waals surface area contributed by atoms with Crippen LogP contribution in [-0.2, 0) is 16.1 Å². The van der Waals surface area contributed by atoms with Crippen molar-refractivity contribution in [2.75, 3.05) is 13.1 Å². The van der Waals surface area contributed by atoms with E-state index in [1.54, 1.807) is 28.0 Å². The summed E-state index contributed by atoms with van der Waals surface area (Å²) in [6.45, 7) is 3.20. The lowest BCUT2D eigenvalue weighted by atomic mass is 10.1. The third-order valence-electron chi connectivity index (χ3n) is 2.89. The Morgan fingerprint density at radius 1 is 1.65 bits per heavy atom. The van der Waals surface area contributed by atoms with Gasteiger partial charge in [0.05, 0.1) is 0 Å². The van der Waals surface area contributed by atoms with E-state index >= 15 is 0 Å². The van der Waals surface area contributed by atoms with Crippen LogP contribution in [-0.4, -0.2) is 45.6 Å². The molecule has 0 aliphatic carbocycles. The summed E-state index contributed by atoms with van der Waals surface area (Å²) in [6.07, 6.45) is 4.01. The van der Waals surface area contributed by atoms with Crippen molar-refractivity contribution in [2.24, 2.45) is 0 Å². The highest BCUT2D eigenvalue weighted by Gasteiger charge is 2.31. The lowest BCUT2D eigenvalue weighted by Gasteiger charge is -2.34. The predicted molar refractivity (Wildman–Crippen MR) is 61.0 cm³/mol. The number of amides is 2. The molecule has 0 spiro atoms. The molecule has 17 heavy (non-hydrogen) atoms. The zero-order chi connectivity index (χ0) is 12.3. The van der Waals surface area contributed by atoms with Crippen LogP contribution in [0.4, 0.5) is 0 Å². The predicted octanol–water partition coefficient (Wildman–Crippen LogP) is -0.380. The van der Waals surface area contributed by atoms with Gasteiger partial charge in [-0.25, -0.2) is 0 Å². The SMILES string of the molecule is CCC1C(=O)NCCN1C(=O)Cn1cccn1. The van der Waals surface area contributed by atoms with Crippen LogP contribution in [0.5, 0.6) is 0 Å². The Hall–Kier alpha value is -1.85. The molecule has 0 bridgehead atoms. The molecule has 92 valence electrons. The molecule has 1 saturated heterocycles. The molecule has 2 heterocycles. The normalized spacial score (nSPS) is 20.2. The summed E-state index contributed by atoms with van der Waals surface area (Å²) in [7, 11) is 0. The summed E-state index contributed by atoms with van der Waals surface area (Å²) in [5.74, 6) is -0.122. The molecule has 1 atom stereocenters. The van der Waals surface area contributed by atoms with Crippen LogP contribution in [0.1, 0.15) is 13.3 Å². The fourth-order valence-electron chi connectivity index (χ4n) is 2.04. The first-order valence-electron chi connectivity index (χ1n) is 5.77. The largest absolute Gasteiger partial charge is 0.353 e. The van der Waals surface area contributed by atoms with Crippen molar-refractivity contribution in [1.82, 2.24) is 20.0 Å². The first-order chi connectivity index (χ1) is 8.22. The number of hydrogen-bond donors (Lipinski definition) is 1. The molecule has 1 N–H and O–H groups in total. The Bertz CT molecular complexity index is 402. The Balaban J connectivity index is 2.04. The van der Waals surface area contributed by atoms with Crippen LogP contribution in [0.15, 0.2) is 18.5 Å². The van der Waals surface area contributed by atoms with Gasteiger partial charge < -0.3 is 10.2 Å². The summed E-state index contributed by atoms with van der Waals surface area (Å²) in [5, 5.41) is 6.76. The Morgan fingerprint density at radius 2 is 2.47 bits per heavy atom. The van der Waals surface area contributed by atoms with Gasteiger partial charge in [0.2, 0.25) is 11.8 Å². The molecule has 1 fully saturated rings. The Labute approximate surface area is 99.6 Å². The molecule has 6 nitrogen and oxygen atoms in total. The van der Waals surface area contributed by atoms with Gasteiger partial charge >= 0.3 is 0 Å². The van der Waals surface area contributed by atoms with Crippen molar-refractivity contribution in [3.8, 4) is 0 Å². The summed E-state index contributed by atoms with van der Waals surface area (Å²) >= 11 is 0. The first-order valence-corrected chi connectivity index (χ1v) is 5.77. The Morgan fingerprint density at radius 3 is 3.12 bits per heavy atom. The number of piperazine rings is 1. The number of aromatic nitrogens is 2. The lowest BCUT2D eigenvalue weighted by molar-refractivity contribution is -0.143. The van der Waals surface area contributed by atoms with Crippen LogP contribution < -0.4 is 5.32 Å². The maximum atomic E-state index is 12.1. The molecule has 2 rings (SSSR count). The summed E-state index contributed by atoms with van der Waals surface area (Å²) < 4.78 is 1.57. The molecule has 1 aromatic heterocycles. The van der Waals surface area contributed by atoms with Gasteiger partial charge in [-0.3, -0.25) is 14.3 Å². The van der Waals surface area contributed by atoms with E-state index in [1.165, 1.54) is 0 Å². The van der Waals surface area contributed by atoms with Gasteiger partial charge in [-0.1, -0.05) is 6.92 Å². The molecule has 1 unspecified atom stereocenters. The third-order valence-corrected chi connectivity index (χ3v) is 2.89. The minimum atomic E-state index is -0.341. The van der Waals surface area contributed by atoms with Crippen LogP contribution in [0.2, 0.25) is 0 Å². The average molecular weight is 236 g/mol. The second kappa shape index (κ2) is 4.99. The Kier molecular flexibility index (Phi) is 3.41. The summed E-state index contributed by atoms with van der Waals surface area (Å²) in [5.41, 5.74) is 0. The number of carbonyl (C=O) groups is 2. The topological polar surface area (TPSA) is 67.2 Å². The van der Waals surface area contributed by atoms with Gasteiger partial charge in [0, 0.05) is 25.5 Å². The molecule has 6 heteroatoms. The quantitative estimate of drug-likeness (QED) is 0.778. The van der Waals surface area contributed by atoms with E-state index in [4.69, 9.17) is 0 Å². The minimum Gasteiger partial charge on any atom is -0.353 e. The fourth-order valence-corrected chi connectivity index (χ4v) is 2.04. The fraction of sp³-hybridized carbons (Fsp3) is 0.545. The molecule has 0 saturated carbocycles. The van der Waals surface area contributed by atoms with Gasteiger partial charge in [0.1, 0.15) is 12.6 Å². The number of hydrogen-bond acceptors (Lipinski definition) is 3. The molecule has 2 amide bonds. The summed E-state index contributed by atoms with van der Waals surface area (Å²) in [6, 6.07) is 1.43. The molecule has 1 aliphatic rings. The van der Waals surface area contributed by atoms with Crippen LogP contribution in [0.25, 0.3) is 0 Å². The highest BCUT2D eigenvalue weighted by Crippen LogP contribution is 2.09. The van der Waals surface area contributed by atoms with Crippen LogP contribution >= 0.6 is 0 Å². The van der Waals surface area contributed by atoms with E-state index in [2.05, 4.69) is 10.4 Å². The van der Waals surface area contributed by atoms with Crippen molar-refractivity contribution < 1.29 is 9.59 Å². The van der Waals surface area contributed by atoms with Crippen molar-refractivity contribution in [2.45, 2.75) is 25.9 Å². The zero-order valence-electron chi connectivity index (χ0n) is 9.80. The highest BCUT2D eigenvalue weighted by atomic mass is 16.2. The zero-order valence-corrected chi connectivity index (χ0v) is 9.80. The van der Waals surface area contributed by atoms with Gasteiger partial charge in [-0.05, 0) is 12.5 Å². The van der Waals surface area contributed by atoms with Crippen molar-refractivity contribution in [1.29, 1.82) is 0 Å². The second-order valence-corrected chi connectivity index (χ2v) is 4.01. The minimum absolute atomic E-state index is 0.0598. The first kappa shape index (κ1) is 11.6.